The first-order chi connectivity index (χ1) is 20.1. The van der Waals surface area contributed by atoms with Gasteiger partial charge in [-0.2, -0.15) is 5.26 Å². The average molecular weight is 585 g/mol. The number of nitrogens with two attached hydrogens (primary N) is 1. The number of nitriles is 1. The molecule has 1 aliphatic carbocycles. The summed E-state index contributed by atoms with van der Waals surface area (Å²) in [5, 5.41) is 23.2. The number of aryl methyl sites for hydroxylation is 1. The minimum atomic E-state index is -0.722. The Kier molecular flexibility index (Phi) is 7.92. The van der Waals surface area contributed by atoms with Gasteiger partial charge in [0, 0.05) is 22.7 Å². The van der Waals surface area contributed by atoms with Gasteiger partial charge in [0.05, 0.1) is 35.7 Å². The van der Waals surface area contributed by atoms with Crippen LogP contribution in [-0.2, 0) is 11.4 Å². The molecule has 42 heavy (non-hydrogen) atoms. The highest BCUT2D eigenvalue weighted by Crippen LogP contribution is 2.49. The van der Waals surface area contributed by atoms with E-state index in [4.69, 9.17) is 26.8 Å². The molecular formula is C32H29ClN4O5. The molecular weight excluding hydrogens is 556 g/mol. The largest absolute Gasteiger partial charge is 0.496 e. The summed E-state index contributed by atoms with van der Waals surface area (Å²) in [5.74, 6) is 0.193. The van der Waals surface area contributed by atoms with Crippen LogP contribution in [0.5, 0.6) is 11.5 Å². The zero-order valence-electron chi connectivity index (χ0n) is 23.4. The fourth-order valence-corrected chi connectivity index (χ4v) is 5.87. The Morgan fingerprint density at radius 3 is 2.50 bits per heavy atom. The zero-order chi connectivity index (χ0) is 30.1. The second-order valence-electron chi connectivity index (χ2n) is 10.3. The van der Waals surface area contributed by atoms with Crippen LogP contribution in [0.3, 0.4) is 0 Å². The molecule has 0 amide bonds. The molecule has 0 radical (unpaired) electrons. The summed E-state index contributed by atoms with van der Waals surface area (Å²) >= 11 is 6.00. The summed E-state index contributed by atoms with van der Waals surface area (Å²) in [6.45, 7) is 4.15. The van der Waals surface area contributed by atoms with Crippen molar-refractivity contribution in [2.75, 3.05) is 12.0 Å². The smallest absolute Gasteiger partial charge is 0.296 e. The molecule has 0 saturated carbocycles. The van der Waals surface area contributed by atoms with Gasteiger partial charge in [-0.15, -0.1) is 0 Å². The van der Waals surface area contributed by atoms with Gasteiger partial charge in [0.2, 0.25) is 0 Å². The third-order valence-electron chi connectivity index (χ3n) is 7.75. The van der Waals surface area contributed by atoms with Crippen molar-refractivity contribution in [2.45, 2.75) is 45.6 Å². The van der Waals surface area contributed by atoms with E-state index in [2.05, 4.69) is 6.07 Å². The fraction of sp³-hybridized carbons (Fsp3) is 0.250. The average Bonchev–Trinajstić information content (AvgIpc) is 2.97. The number of benzene rings is 3. The van der Waals surface area contributed by atoms with E-state index < -0.39 is 10.8 Å². The first-order valence-corrected chi connectivity index (χ1v) is 13.8. The van der Waals surface area contributed by atoms with Crippen molar-refractivity contribution in [2.24, 2.45) is 5.73 Å². The van der Waals surface area contributed by atoms with Crippen LogP contribution in [0, 0.1) is 35.3 Å². The van der Waals surface area contributed by atoms with Crippen LogP contribution in [0.25, 0.3) is 0 Å². The molecule has 0 saturated heterocycles. The quantitative estimate of drug-likeness (QED) is 0.238. The van der Waals surface area contributed by atoms with Gasteiger partial charge in [0.15, 0.2) is 5.78 Å². The number of rotatable bonds is 7. The summed E-state index contributed by atoms with van der Waals surface area (Å²) in [4.78, 5) is 26.7. The summed E-state index contributed by atoms with van der Waals surface area (Å²) in [6, 6.07) is 17.7. The normalized spacial score (nSPS) is 16.7. The maximum absolute atomic E-state index is 13.6. The number of ether oxygens (including phenoxy) is 2. The van der Waals surface area contributed by atoms with Crippen molar-refractivity contribution >= 4 is 28.8 Å². The lowest BCUT2D eigenvalue weighted by molar-refractivity contribution is -0.384. The fourth-order valence-electron chi connectivity index (χ4n) is 5.74. The minimum Gasteiger partial charge on any atom is -0.496 e. The van der Waals surface area contributed by atoms with E-state index in [9.17, 15) is 20.2 Å². The lowest BCUT2D eigenvalue weighted by Gasteiger charge is -2.40. The number of Topliss-reactive ketones (excluding diaryl/α,β-unsaturated/α-hetero) is 1. The van der Waals surface area contributed by atoms with E-state index in [0.717, 1.165) is 22.3 Å². The van der Waals surface area contributed by atoms with Gasteiger partial charge < -0.3 is 15.2 Å². The molecule has 1 heterocycles. The van der Waals surface area contributed by atoms with Gasteiger partial charge in [-0.05, 0) is 79.8 Å². The van der Waals surface area contributed by atoms with E-state index in [0.29, 0.717) is 47.1 Å². The molecule has 0 spiro atoms. The standard InChI is InChI=1S/C32H29ClN4O5/c1-18-13-20(17-42-22-9-7-21(33)8-10-22)19(2)24(14-18)30-25(16-34)32(35)36(27-5-4-6-29(38)31(27)30)26-12-11-23(41-3)15-28(26)37(39)40/h7-15,30H,4-6,17,35H2,1-3H3. The minimum absolute atomic E-state index is 0.0593. The number of methoxy groups -OCH3 is 1. The molecule has 9 nitrogen and oxygen atoms in total. The van der Waals surface area contributed by atoms with Crippen LogP contribution >= 0.6 is 11.6 Å². The Morgan fingerprint density at radius 1 is 1.12 bits per heavy atom. The van der Waals surface area contributed by atoms with Gasteiger partial charge in [-0.3, -0.25) is 19.8 Å². The number of hydrogen-bond donors (Lipinski definition) is 1. The van der Waals surface area contributed by atoms with Crippen molar-refractivity contribution in [1.29, 1.82) is 5.26 Å². The van der Waals surface area contributed by atoms with E-state index in [1.807, 2.05) is 26.0 Å². The van der Waals surface area contributed by atoms with Crippen molar-refractivity contribution in [3.63, 3.8) is 0 Å². The van der Waals surface area contributed by atoms with Gasteiger partial charge in [0.25, 0.3) is 5.69 Å². The second-order valence-corrected chi connectivity index (χ2v) is 10.7. The van der Waals surface area contributed by atoms with Crippen molar-refractivity contribution in [1.82, 2.24) is 0 Å². The van der Waals surface area contributed by atoms with Crippen LogP contribution in [0.2, 0.25) is 5.02 Å². The monoisotopic (exact) mass is 584 g/mol. The Hall–Kier alpha value is -4.81. The predicted octanol–water partition coefficient (Wildman–Crippen LogP) is 6.76. The number of ketones is 1. The van der Waals surface area contributed by atoms with Gasteiger partial charge in [0.1, 0.15) is 29.6 Å². The van der Waals surface area contributed by atoms with Gasteiger partial charge in [-0.25, -0.2) is 0 Å². The predicted molar refractivity (Wildman–Crippen MR) is 159 cm³/mol. The van der Waals surface area contributed by atoms with E-state index in [1.165, 1.54) is 24.1 Å². The second kappa shape index (κ2) is 11.6. The lowest BCUT2D eigenvalue weighted by Crippen LogP contribution is -2.39. The number of halogens is 1. The topological polar surface area (TPSA) is 132 Å². The lowest BCUT2D eigenvalue weighted by atomic mass is 9.73. The summed E-state index contributed by atoms with van der Waals surface area (Å²) in [7, 11) is 1.42. The number of nitrogens with zero attached hydrogens (tertiary/aromatic N) is 3. The molecule has 1 aliphatic heterocycles. The number of carbonyl (C=O) groups is 1. The Labute approximate surface area is 248 Å². The number of anilines is 1. The van der Waals surface area contributed by atoms with E-state index >= 15 is 0 Å². The van der Waals surface area contributed by atoms with Crippen molar-refractivity contribution < 1.29 is 19.2 Å². The van der Waals surface area contributed by atoms with Gasteiger partial charge in [-0.1, -0.05) is 29.3 Å². The first kappa shape index (κ1) is 28.7. The van der Waals surface area contributed by atoms with Crippen molar-refractivity contribution in [3.05, 3.63) is 115 Å². The third-order valence-corrected chi connectivity index (χ3v) is 8.00. The number of carbonyl (C=O) groups excluding carboxylic acids is 1. The first-order valence-electron chi connectivity index (χ1n) is 13.4. The highest BCUT2D eigenvalue weighted by Gasteiger charge is 2.42. The Morgan fingerprint density at radius 2 is 1.83 bits per heavy atom. The van der Waals surface area contributed by atoms with Crippen LogP contribution < -0.4 is 20.1 Å². The number of hydrogen-bond acceptors (Lipinski definition) is 8. The molecule has 3 aromatic rings. The van der Waals surface area contributed by atoms with Gasteiger partial charge >= 0.3 is 0 Å². The van der Waals surface area contributed by atoms with Crippen LogP contribution in [0.1, 0.15) is 47.4 Å². The Balaban J connectivity index is 1.66. The maximum atomic E-state index is 13.6. The van der Waals surface area contributed by atoms with Crippen LogP contribution in [-0.4, -0.2) is 17.8 Å². The number of nitro groups is 1. The molecule has 2 aliphatic rings. The maximum Gasteiger partial charge on any atom is 0.296 e. The summed E-state index contributed by atoms with van der Waals surface area (Å²) in [6.07, 6.45) is 1.34. The molecule has 3 aromatic carbocycles. The number of nitro benzene ring substituents is 1. The molecule has 2 N–H and O–H groups in total. The summed E-state index contributed by atoms with van der Waals surface area (Å²) < 4.78 is 11.2. The summed E-state index contributed by atoms with van der Waals surface area (Å²) in [5.41, 5.74) is 11.3. The molecule has 1 atom stereocenters. The van der Waals surface area contributed by atoms with Crippen LogP contribution in [0.4, 0.5) is 11.4 Å². The molecule has 5 rings (SSSR count). The molecule has 0 aromatic heterocycles. The number of allylic oxidation sites excluding steroid dienone is 3. The van der Waals surface area contributed by atoms with E-state index in [-0.39, 0.29) is 35.2 Å². The zero-order valence-corrected chi connectivity index (χ0v) is 24.2. The Bertz CT molecular complexity index is 1700. The highest BCUT2D eigenvalue weighted by atomic mass is 35.5. The highest BCUT2D eigenvalue weighted by molar-refractivity contribution is 6.30. The third kappa shape index (κ3) is 5.17. The van der Waals surface area contributed by atoms with E-state index in [1.54, 1.807) is 30.3 Å². The molecule has 1 unspecified atom stereocenters. The molecule has 214 valence electrons. The molecule has 0 bridgehead atoms. The molecule has 0 fully saturated rings. The SMILES string of the molecule is COc1ccc(N2C(N)=C(C#N)C(c3cc(C)cc(COc4ccc(Cl)cc4)c3C)C3=C2CCCC3=O)c([N+](=O)[O-])c1. The molecule has 10 heteroatoms. The van der Waals surface area contributed by atoms with Crippen LogP contribution in [0.15, 0.2) is 77.3 Å². The van der Waals surface area contributed by atoms with Crippen molar-refractivity contribution in [3.8, 4) is 17.6 Å².